The molecule has 17 heavy (non-hydrogen) atoms. The summed E-state index contributed by atoms with van der Waals surface area (Å²) in [5.74, 6) is 0.820. The standard InChI is InChI=1S/C14H21NO2/c1-12-6-5-9-15(12)10-13(16)11-17-14-7-3-2-4-8-14/h2-4,7-8,12-13,16H,5-6,9-11H2,1H3/t12-,13-/m1/s1. The Morgan fingerprint density at radius 2 is 2.18 bits per heavy atom. The van der Waals surface area contributed by atoms with Crippen molar-refractivity contribution in [3.05, 3.63) is 30.3 Å². The largest absolute Gasteiger partial charge is 0.491 e. The van der Waals surface area contributed by atoms with Gasteiger partial charge in [0, 0.05) is 12.6 Å². The van der Waals surface area contributed by atoms with Crippen LogP contribution in [0.3, 0.4) is 0 Å². The molecule has 0 aliphatic carbocycles. The van der Waals surface area contributed by atoms with Crippen LogP contribution in [-0.2, 0) is 0 Å². The molecule has 2 atom stereocenters. The second-order valence-corrected chi connectivity index (χ2v) is 4.76. The molecule has 0 amide bonds. The first-order valence-corrected chi connectivity index (χ1v) is 6.35. The zero-order valence-corrected chi connectivity index (χ0v) is 10.4. The molecular formula is C14H21NO2. The van der Waals surface area contributed by atoms with E-state index in [1.54, 1.807) is 0 Å². The molecule has 3 nitrogen and oxygen atoms in total. The highest BCUT2D eigenvalue weighted by atomic mass is 16.5. The number of hydrogen-bond donors (Lipinski definition) is 1. The number of ether oxygens (including phenoxy) is 1. The third-order valence-electron chi connectivity index (χ3n) is 3.32. The van der Waals surface area contributed by atoms with Crippen molar-refractivity contribution < 1.29 is 9.84 Å². The van der Waals surface area contributed by atoms with Crippen LogP contribution < -0.4 is 4.74 Å². The smallest absolute Gasteiger partial charge is 0.119 e. The third-order valence-corrected chi connectivity index (χ3v) is 3.32. The highest BCUT2D eigenvalue weighted by molar-refractivity contribution is 5.20. The van der Waals surface area contributed by atoms with Crippen LogP contribution in [0.2, 0.25) is 0 Å². The second-order valence-electron chi connectivity index (χ2n) is 4.76. The number of benzene rings is 1. The molecule has 3 heteroatoms. The molecule has 1 aromatic carbocycles. The van der Waals surface area contributed by atoms with Crippen molar-refractivity contribution in [2.45, 2.75) is 31.9 Å². The first kappa shape index (κ1) is 12.4. The Balaban J connectivity index is 1.72. The minimum Gasteiger partial charge on any atom is -0.491 e. The number of para-hydroxylation sites is 1. The van der Waals surface area contributed by atoms with Gasteiger partial charge in [-0.25, -0.2) is 0 Å². The Bertz CT molecular complexity index is 328. The van der Waals surface area contributed by atoms with E-state index < -0.39 is 6.10 Å². The summed E-state index contributed by atoms with van der Waals surface area (Å²) in [5.41, 5.74) is 0. The normalized spacial score (nSPS) is 22.6. The molecule has 2 rings (SSSR count). The average Bonchev–Trinajstić information content (AvgIpc) is 2.74. The molecule has 1 N–H and O–H groups in total. The fourth-order valence-electron chi connectivity index (χ4n) is 2.30. The maximum atomic E-state index is 9.92. The topological polar surface area (TPSA) is 32.7 Å². The molecule has 1 saturated heterocycles. The zero-order valence-electron chi connectivity index (χ0n) is 10.4. The molecule has 0 radical (unpaired) electrons. The van der Waals surface area contributed by atoms with E-state index in [2.05, 4.69) is 11.8 Å². The van der Waals surface area contributed by atoms with Crippen molar-refractivity contribution in [1.29, 1.82) is 0 Å². The quantitative estimate of drug-likeness (QED) is 0.846. The number of aliphatic hydroxyl groups is 1. The van der Waals surface area contributed by atoms with Crippen molar-refractivity contribution >= 4 is 0 Å². The Morgan fingerprint density at radius 3 is 2.82 bits per heavy atom. The van der Waals surface area contributed by atoms with Gasteiger partial charge in [-0.05, 0) is 38.4 Å². The molecule has 94 valence electrons. The van der Waals surface area contributed by atoms with E-state index in [-0.39, 0.29) is 0 Å². The number of hydrogen-bond acceptors (Lipinski definition) is 3. The van der Waals surface area contributed by atoms with Crippen LogP contribution in [0.4, 0.5) is 0 Å². The van der Waals surface area contributed by atoms with Crippen molar-refractivity contribution in [1.82, 2.24) is 4.90 Å². The molecule has 0 saturated carbocycles. The number of aliphatic hydroxyl groups excluding tert-OH is 1. The van der Waals surface area contributed by atoms with E-state index in [4.69, 9.17) is 4.74 Å². The van der Waals surface area contributed by atoms with Crippen molar-refractivity contribution in [2.75, 3.05) is 19.7 Å². The molecule has 1 aliphatic heterocycles. The predicted octanol–water partition coefficient (Wildman–Crippen LogP) is 1.91. The highest BCUT2D eigenvalue weighted by Gasteiger charge is 2.22. The van der Waals surface area contributed by atoms with E-state index in [1.807, 2.05) is 30.3 Å². The highest BCUT2D eigenvalue weighted by Crippen LogP contribution is 2.16. The molecular weight excluding hydrogens is 214 g/mol. The Kier molecular flexibility index (Phi) is 4.40. The third kappa shape index (κ3) is 3.72. The maximum Gasteiger partial charge on any atom is 0.119 e. The summed E-state index contributed by atoms with van der Waals surface area (Å²) in [6, 6.07) is 10.2. The zero-order chi connectivity index (χ0) is 12.1. The maximum absolute atomic E-state index is 9.92. The van der Waals surface area contributed by atoms with Gasteiger partial charge in [0.2, 0.25) is 0 Å². The lowest BCUT2D eigenvalue weighted by Gasteiger charge is -2.24. The van der Waals surface area contributed by atoms with Gasteiger partial charge < -0.3 is 9.84 Å². The SMILES string of the molecule is C[C@@H]1CCCN1C[C@@H](O)COc1ccccc1. The van der Waals surface area contributed by atoms with E-state index in [0.717, 1.165) is 12.3 Å². The molecule has 0 spiro atoms. The molecule has 0 aromatic heterocycles. The van der Waals surface area contributed by atoms with Crippen LogP contribution in [0.1, 0.15) is 19.8 Å². The van der Waals surface area contributed by atoms with Crippen LogP contribution in [-0.4, -0.2) is 41.8 Å². The molecule has 1 aromatic rings. The molecule has 1 fully saturated rings. The first-order valence-electron chi connectivity index (χ1n) is 6.35. The van der Waals surface area contributed by atoms with Gasteiger partial charge in [-0.3, -0.25) is 4.90 Å². The van der Waals surface area contributed by atoms with E-state index in [9.17, 15) is 5.11 Å². The molecule has 1 heterocycles. The number of β-amino-alcohol motifs (C(OH)–C–C–N with tert-alkyl or cyclic N) is 1. The van der Waals surface area contributed by atoms with Crippen LogP contribution in [0.25, 0.3) is 0 Å². The van der Waals surface area contributed by atoms with E-state index in [1.165, 1.54) is 12.8 Å². The van der Waals surface area contributed by atoms with Gasteiger partial charge in [-0.1, -0.05) is 18.2 Å². The summed E-state index contributed by atoms with van der Waals surface area (Å²) < 4.78 is 5.54. The fourth-order valence-corrected chi connectivity index (χ4v) is 2.30. The van der Waals surface area contributed by atoms with Crippen molar-refractivity contribution in [3.8, 4) is 5.75 Å². The van der Waals surface area contributed by atoms with Gasteiger partial charge in [0.05, 0.1) is 0 Å². The van der Waals surface area contributed by atoms with Gasteiger partial charge in [0.25, 0.3) is 0 Å². The van der Waals surface area contributed by atoms with Crippen LogP contribution in [0.15, 0.2) is 30.3 Å². The molecule has 1 aliphatic rings. The minimum absolute atomic E-state index is 0.368. The monoisotopic (exact) mass is 235 g/mol. The van der Waals surface area contributed by atoms with Gasteiger partial charge in [0.15, 0.2) is 0 Å². The van der Waals surface area contributed by atoms with Crippen LogP contribution in [0.5, 0.6) is 5.75 Å². The summed E-state index contributed by atoms with van der Waals surface area (Å²) >= 11 is 0. The predicted molar refractivity (Wildman–Crippen MR) is 68.2 cm³/mol. The number of nitrogens with zero attached hydrogens (tertiary/aromatic N) is 1. The minimum atomic E-state index is -0.407. The summed E-state index contributed by atoms with van der Waals surface area (Å²) in [6.45, 7) is 4.41. The van der Waals surface area contributed by atoms with Gasteiger partial charge in [-0.2, -0.15) is 0 Å². The van der Waals surface area contributed by atoms with E-state index in [0.29, 0.717) is 19.2 Å². The van der Waals surface area contributed by atoms with Crippen LogP contribution in [0, 0.1) is 0 Å². The fraction of sp³-hybridized carbons (Fsp3) is 0.571. The Hall–Kier alpha value is -1.06. The first-order chi connectivity index (χ1) is 8.25. The average molecular weight is 235 g/mol. The molecule has 0 unspecified atom stereocenters. The lowest BCUT2D eigenvalue weighted by molar-refractivity contribution is 0.0662. The van der Waals surface area contributed by atoms with Gasteiger partial charge >= 0.3 is 0 Å². The van der Waals surface area contributed by atoms with Gasteiger partial charge in [-0.15, -0.1) is 0 Å². The summed E-state index contributed by atoms with van der Waals surface area (Å²) in [5, 5.41) is 9.92. The summed E-state index contributed by atoms with van der Waals surface area (Å²) in [7, 11) is 0. The number of likely N-dealkylation sites (tertiary alicyclic amines) is 1. The van der Waals surface area contributed by atoms with Crippen LogP contribution >= 0.6 is 0 Å². The van der Waals surface area contributed by atoms with Gasteiger partial charge in [0.1, 0.15) is 18.5 Å². The number of rotatable bonds is 5. The lowest BCUT2D eigenvalue weighted by atomic mass is 10.2. The Labute approximate surface area is 103 Å². The van der Waals surface area contributed by atoms with E-state index >= 15 is 0 Å². The Morgan fingerprint density at radius 1 is 1.41 bits per heavy atom. The lowest BCUT2D eigenvalue weighted by Crippen LogP contribution is -2.37. The molecule has 0 bridgehead atoms. The van der Waals surface area contributed by atoms with Crippen molar-refractivity contribution in [2.24, 2.45) is 0 Å². The summed E-state index contributed by atoms with van der Waals surface area (Å²) in [4.78, 5) is 2.33. The summed E-state index contributed by atoms with van der Waals surface area (Å²) in [6.07, 6.45) is 2.08. The van der Waals surface area contributed by atoms with Crippen molar-refractivity contribution in [3.63, 3.8) is 0 Å². The second kappa shape index (κ2) is 6.03.